The zero-order valence-electron chi connectivity index (χ0n) is 12.5. The highest BCUT2D eigenvalue weighted by Gasteiger charge is 2.28. The fourth-order valence-electron chi connectivity index (χ4n) is 3.10. The van der Waals surface area contributed by atoms with Crippen LogP contribution in [0.2, 0.25) is 0 Å². The fraction of sp³-hybridized carbons (Fsp3) is 0.389. The number of benzene rings is 1. The van der Waals surface area contributed by atoms with E-state index in [1.165, 1.54) is 5.56 Å². The van der Waals surface area contributed by atoms with Crippen molar-refractivity contribution in [1.29, 1.82) is 0 Å². The van der Waals surface area contributed by atoms with Crippen LogP contribution in [0, 0.1) is 12.8 Å². The van der Waals surface area contributed by atoms with Crippen LogP contribution in [0.4, 0.5) is 0 Å². The van der Waals surface area contributed by atoms with Gasteiger partial charge in [-0.15, -0.1) is 0 Å². The molecule has 3 nitrogen and oxygen atoms in total. The first-order valence-electron chi connectivity index (χ1n) is 7.44. The molecule has 0 fully saturated rings. The molecule has 21 heavy (non-hydrogen) atoms. The van der Waals surface area contributed by atoms with Crippen molar-refractivity contribution in [2.24, 2.45) is 5.92 Å². The quantitative estimate of drug-likeness (QED) is 0.940. The molecule has 1 heterocycles. The Labute approximate surface area is 125 Å². The first-order chi connectivity index (χ1) is 10.2. The minimum atomic E-state index is -0.414. The maximum absolute atomic E-state index is 10.6. The number of hydrogen-bond acceptors (Lipinski definition) is 3. The number of fused-ring (bicyclic) bond motifs is 1. The fourth-order valence-corrected chi connectivity index (χ4v) is 3.10. The first-order valence-corrected chi connectivity index (χ1v) is 7.44. The summed E-state index contributed by atoms with van der Waals surface area (Å²) >= 11 is 0. The Morgan fingerprint density at radius 1 is 1.29 bits per heavy atom. The average molecular weight is 283 g/mol. The summed E-state index contributed by atoms with van der Waals surface area (Å²) in [6.45, 7) is 2.02. The molecule has 0 spiro atoms. The third-order valence-electron chi connectivity index (χ3n) is 4.31. The molecule has 3 rings (SSSR count). The van der Waals surface area contributed by atoms with Crippen molar-refractivity contribution >= 4 is 0 Å². The van der Waals surface area contributed by atoms with Crippen molar-refractivity contribution in [3.05, 3.63) is 58.9 Å². The molecule has 1 aliphatic carbocycles. The van der Waals surface area contributed by atoms with E-state index in [0.717, 1.165) is 41.8 Å². The number of aliphatic hydroxyl groups is 1. The van der Waals surface area contributed by atoms with Crippen molar-refractivity contribution < 1.29 is 9.84 Å². The second-order valence-electron chi connectivity index (χ2n) is 5.84. The Morgan fingerprint density at radius 3 is 2.76 bits per heavy atom. The summed E-state index contributed by atoms with van der Waals surface area (Å²) in [5.41, 5.74) is 4.42. The molecule has 2 atom stereocenters. The van der Waals surface area contributed by atoms with E-state index < -0.39 is 6.10 Å². The second kappa shape index (κ2) is 5.86. The molecule has 3 heteroatoms. The highest BCUT2D eigenvalue weighted by atomic mass is 16.5. The van der Waals surface area contributed by atoms with Gasteiger partial charge >= 0.3 is 0 Å². The standard InChI is InChI=1S/C18H21NO2/c1-12-9-16-17(19-11-12)8-5-14(18(16)20)10-13-3-6-15(21-2)7-4-13/h3-4,6-7,9,11,14,18,20H,5,8,10H2,1-2H3. The van der Waals surface area contributed by atoms with Crippen LogP contribution in [-0.4, -0.2) is 17.2 Å². The van der Waals surface area contributed by atoms with Crippen molar-refractivity contribution in [2.45, 2.75) is 32.3 Å². The van der Waals surface area contributed by atoms with Crippen LogP contribution in [0.15, 0.2) is 36.5 Å². The Kier molecular flexibility index (Phi) is 3.93. The van der Waals surface area contributed by atoms with Gasteiger partial charge in [0, 0.05) is 17.5 Å². The molecule has 0 radical (unpaired) electrons. The largest absolute Gasteiger partial charge is 0.497 e. The lowest BCUT2D eigenvalue weighted by molar-refractivity contribution is 0.0925. The minimum Gasteiger partial charge on any atom is -0.497 e. The Morgan fingerprint density at radius 2 is 2.05 bits per heavy atom. The van der Waals surface area contributed by atoms with Gasteiger partial charge in [0.25, 0.3) is 0 Å². The molecule has 1 N–H and O–H groups in total. The van der Waals surface area contributed by atoms with Gasteiger partial charge < -0.3 is 9.84 Å². The molecule has 1 aromatic carbocycles. The predicted octanol–water partition coefficient (Wildman–Crippen LogP) is 3.24. The van der Waals surface area contributed by atoms with Crippen LogP contribution in [-0.2, 0) is 12.8 Å². The lowest BCUT2D eigenvalue weighted by atomic mass is 9.80. The summed E-state index contributed by atoms with van der Waals surface area (Å²) in [6.07, 6.45) is 4.29. The van der Waals surface area contributed by atoms with E-state index in [2.05, 4.69) is 23.2 Å². The van der Waals surface area contributed by atoms with Gasteiger partial charge in [-0.2, -0.15) is 0 Å². The minimum absolute atomic E-state index is 0.259. The monoisotopic (exact) mass is 283 g/mol. The van der Waals surface area contributed by atoms with Crippen molar-refractivity contribution in [3.63, 3.8) is 0 Å². The van der Waals surface area contributed by atoms with Gasteiger partial charge in [0.15, 0.2) is 0 Å². The topological polar surface area (TPSA) is 42.4 Å². The predicted molar refractivity (Wildman–Crippen MR) is 82.4 cm³/mol. The number of aromatic nitrogens is 1. The Hall–Kier alpha value is -1.87. The number of hydrogen-bond donors (Lipinski definition) is 1. The number of methoxy groups -OCH3 is 1. The van der Waals surface area contributed by atoms with Crippen molar-refractivity contribution in [3.8, 4) is 5.75 Å². The third kappa shape index (κ3) is 2.93. The van der Waals surface area contributed by atoms with Crippen LogP contribution in [0.25, 0.3) is 0 Å². The summed E-state index contributed by atoms with van der Waals surface area (Å²) in [7, 11) is 1.67. The Balaban J connectivity index is 1.77. The van der Waals surface area contributed by atoms with E-state index in [-0.39, 0.29) is 5.92 Å². The summed E-state index contributed by atoms with van der Waals surface area (Å²) in [5, 5.41) is 10.6. The number of aliphatic hydroxyl groups excluding tert-OH is 1. The Bertz CT molecular complexity index is 622. The zero-order chi connectivity index (χ0) is 14.8. The molecular formula is C18H21NO2. The highest BCUT2D eigenvalue weighted by molar-refractivity contribution is 5.31. The van der Waals surface area contributed by atoms with Gasteiger partial charge in [0.2, 0.25) is 0 Å². The lowest BCUT2D eigenvalue weighted by Gasteiger charge is -2.29. The normalized spacial score (nSPS) is 20.9. The molecule has 2 aromatic rings. The van der Waals surface area contributed by atoms with E-state index in [9.17, 15) is 5.11 Å². The smallest absolute Gasteiger partial charge is 0.118 e. The van der Waals surface area contributed by atoms with Gasteiger partial charge in [-0.05, 0) is 55.4 Å². The van der Waals surface area contributed by atoms with Gasteiger partial charge in [0.1, 0.15) is 5.75 Å². The van der Waals surface area contributed by atoms with E-state index in [1.54, 1.807) is 7.11 Å². The average Bonchev–Trinajstić information content (AvgIpc) is 2.51. The van der Waals surface area contributed by atoms with E-state index in [1.807, 2.05) is 25.3 Å². The van der Waals surface area contributed by atoms with Crippen LogP contribution in [0.3, 0.4) is 0 Å². The number of nitrogens with zero attached hydrogens (tertiary/aromatic N) is 1. The molecule has 0 aliphatic heterocycles. The van der Waals surface area contributed by atoms with Crippen LogP contribution in [0.5, 0.6) is 5.75 Å². The van der Waals surface area contributed by atoms with E-state index in [0.29, 0.717) is 0 Å². The maximum atomic E-state index is 10.6. The molecule has 0 bridgehead atoms. The summed E-state index contributed by atoms with van der Waals surface area (Å²) < 4.78 is 5.18. The van der Waals surface area contributed by atoms with Gasteiger partial charge in [-0.1, -0.05) is 18.2 Å². The maximum Gasteiger partial charge on any atom is 0.118 e. The third-order valence-corrected chi connectivity index (χ3v) is 4.31. The second-order valence-corrected chi connectivity index (χ2v) is 5.84. The van der Waals surface area contributed by atoms with Crippen molar-refractivity contribution in [2.75, 3.05) is 7.11 Å². The van der Waals surface area contributed by atoms with Crippen LogP contribution in [0.1, 0.15) is 34.9 Å². The van der Waals surface area contributed by atoms with E-state index >= 15 is 0 Å². The molecule has 2 unspecified atom stereocenters. The number of pyridine rings is 1. The SMILES string of the molecule is COc1ccc(CC2CCc3ncc(C)cc3C2O)cc1. The summed E-state index contributed by atoms with van der Waals surface area (Å²) in [4.78, 5) is 4.46. The molecule has 1 aliphatic rings. The van der Waals surface area contributed by atoms with Gasteiger partial charge in [-0.25, -0.2) is 0 Å². The molecule has 0 saturated carbocycles. The van der Waals surface area contributed by atoms with Gasteiger partial charge in [-0.3, -0.25) is 4.98 Å². The highest BCUT2D eigenvalue weighted by Crippen LogP contribution is 2.36. The molecule has 0 amide bonds. The lowest BCUT2D eigenvalue weighted by Crippen LogP contribution is -2.23. The zero-order valence-corrected chi connectivity index (χ0v) is 12.5. The summed E-state index contributed by atoms with van der Waals surface area (Å²) in [6, 6.07) is 10.2. The number of ether oxygens (including phenoxy) is 1. The molecule has 0 saturated heterocycles. The molecule has 110 valence electrons. The van der Waals surface area contributed by atoms with Crippen molar-refractivity contribution in [1.82, 2.24) is 4.98 Å². The van der Waals surface area contributed by atoms with Gasteiger partial charge in [0.05, 0.1) is 13.2 Å². The van der Waals surface area contributed by atoms with Crippen LogP contribution >= 0.6 is 0 Å². The summed E-state index contributed by atoms with van der Waals surface area (Å²) in [5.74, 6) is 1.13. The van der Waals surface area contributed by atoms with Crippen LogP contribution < -0.4 is 4.74 Å². The number of rotatable bonds is 3. The van der Waals surface area contributed by atoms with E-state index in [4.69, 9.17) is 4.74 Å². The first kappa shape index (κ1) is 14.1. The number of aryl methyl sites for hydroxylation is 2. The molecule has 1 aromatic heterocycles. The molecular weight excluding hydrogens is 262 g/mol.